The molecule has 2 rings (SSSR count). The van der Waals surface area contributed by atoms with E-state index in [9.17, 15) is 18.0 Å². The van der Waals surface area contributed by atoms with Crippen LogP contribution in [0.15, 0.2) is 48.5 Å². The van der Waals surface area contributed by atoms with Crippen molar-refractivity contribution in [1.82, 2.24) is 10.2 Å². The molecule has 2 aromatic rings. The molecule has 2 aromatic carbocycles. The van der Waals surface area contributed by atoms with Crippen molar-refractivity contribution < 1.29 is 22.7 Å². The van der Waals surface area contributed by atoms with E-state index in [-0.39, 0.29) is 42.8 Å². The number of hydrogen-bond acceptors (Lipinski definition) is 5. The summed E-state index contributed by atoms with van der Waals surface area (Å²) < 4.78 is 31.3. The third kappa shape index (κ3) is 8.71. The second kappa shape index (κ2) is 12.5. The highest BCUT2D eigenvalue weighted by molar-refractivity contribution is 7.92. The molecule has 0 saturated carbocycles. The lowest BCUT2D eigenvalue weighted by Gasteiger charge is -2.32. The summed E-state index contributed by atoms with van der Waals surface area (Å²) in [5.74, 6) is -0.0582. The number of ether oxygens (including phenoxy) is 1. The van der Waals surface area contributed by atoms with Gasteiger partial charge in [0.15, 0.2) is 0 Å². The number of methoxy groups -OCH3 is 1. The molecular formula is C26H36ClN3O5S. The predicted molar refractivity (Wildman–Crippen MR) is 144 cm³/mol. The number of carbonyl (C=O) groups is 2. The molecule has 0 bridgehead atoms. The van der Waals surface area contributed by atoms with Gasteiger partial charge in [-0.25, -0.2) is 8.42 Å². The van der Waals surface area contributed by atoms with Crippen molar-refractivity contribution in [3.63, 3.8) is 0 Å². The van der Waals surface area contributed by atoms with Gasteiger partial charge in [0, 0.05) is 25.0 Å². The lowest BCUT2D eigenvalue weighted by Crippen LogP contribution is -2.52. The van der Waals surface area contributed by atoms with E-state index in [0.29, 0.717) is 11.4 Å². The topological polar surface area (TPSA) is 96.0 Å². The summed E-state index contributed by atoms with van der Waals surface area (Å²) in [6.45, 7) is 7.69. The Morgan fingerprint density at radius 3 is 2.28 bits per heavy atom. The molecule has 198 valence electrons. The largest absolute Gasteiger partial charge is 0.495 e. The highest BCUT2D eigenvalue weighted by Crippen LogP contribution is 2.30. The van der Waals surface area contributed by atoms with Gasteiger partial charge in [0.2, 0.25) is 21.8 Å². The van der Waals surface area contributed by atoms with E-state index in [4.69, 9.17) is 16.3 Å². The summed E-state index contributed by atoms with van der Waals surface area (Å²) in [4.78, 5) is 27.7. The molecule has 1 N–H and O–H groups in total. The molecule has 0 aliphatic rings. The fraction of sp³-hybridized carbons (Fsp3) is 0.462. The summed E-state index contributed by atoms with van der Waals surface area (Å²) in [6, 6.07) is 13.4. The van der Waals surface area contributed by atoms with Crippen molar-refractivity contribution in [3.05, 3.63) is 59.1 Å². The predicted octanol–water partition coefficient (Wildman–Crippen LogP) is 4.23. The Morgan fingerprint density at radius 2 is 1.75 bits per heavy atom. The fourth-order valence-corrected chi connectivity index (χ4v) is 4.86. The molecule has 0 aliphatic heterocycles. The highest BCUT2D eigenvalue weighted by atomic mass is 35.5. The number of nitrogens with one attached hydrogen (secondary N) is 1. The quantitative estimate of drug-likeness (QED) is 0.463. The number of benzene rings is 2. The zero-order valence-electron chi connectivity index (χ0n) is 21.7. The first-order chi connectivity index (χ1) is 16.7. The maximum atomic E-state index is 13.3. The van der Waals surface area contributed by atoms with Gasteiger partial charge in [-0.1, -0.05) is 41.9 Å². The summed E-state index contributed by atoms with van der Waals surface area (Å²) in [7, 11) is -2.15. The van der Waals surface area contributed by atoms with Crippen LogP contribution in [0.2, 0.25) is 5.02 Å². The van der Waals surface area contributed by atoms with Crippen LogP contribution in [0.4, 0.5) is 5.69 Å². The number of nitrogens with zero attached hydrogens (tertiary/aromatic N) is 2. The normalized spacial score (nSPS) is 12.5. The van der Waals surface area contributed by atoms with Crippen LogP contribution in [0.1, 0.15) is 46.1 Å². The van der Waals surface area contributed by atoms with Gasteiger partial charge in [0.1, 0.15) is 11.8 Å². The minimum atomic E-state index is -3.63. The Hall–Kier alpha value is -2.78. The maximum Gasteiger partial charge on any atom is 0.242 e. The van der Waals surface area contributed by atoms with Crippen LogP contribution < -0.4 is 14.4 Å². The van der Waals surface area contributed by atoms with Gasteiger partial charge < -0.3 is 15.0 Å². The maximum absolute atomic E-state index is 13.3. The summed E-state index contributed by atoms with van der Waals surface area (Å²) in [5, 5.41) is 3.21. The van der Waals surface area contributed by atoms with Crippen LogP contribution >= 0.6 is 11.6 Å². The standard InChI is InChI=1S/C26H36ClN3O5S/c1-19(25(32)28-26(2,3)4)29(18-20-11-8-7-9-12-20)24(31)13-10-16-30(36(6,33)34)21-14-15-23(35-5)22(27)17-21/h7-9,11-12,14-15,17,19H,10,13,16,18H2,1-6H3,(H,28,32). The van der Waals surface area contributed by atoms with Crippen LogP contribution in [0.25, 0.3) is 0 Å². The Labute approximate surface area is 219 Å². The van der Waals surface area contributed by atoms with Crippen LogP contribution in [0.5, 0.6) is 5.75 Å². The Bertz CT molecular complexity index is 1150. The average molecular weight is 538 g/mol. The van der Waals surface area contributed by atoms with E-state index in [1.165, 1.54) is 22.4 Å². The number of carbonyl (C=O) groups excluding carboxylic acids is 2. The van der Waals surface area contributed by atoms with Gasteiger partial charge in [0.25, 0.3) is 0 Å². The molecule has 1 unspecified atom stereocenters. The number of amides is 2. The molecule has 0 aromatic heterocycles. The molecule has 0 aliphatic carbocycles. The minimum Gasteiger partial charge on any atom is -0.495 e. The zero-order valence-corrected chi connectivity index (χ0v) is 23.3. The first-order valence-electron chi connectivity index (χ1n) is 11.7. The van der Waals surface area contributed by atoms with Gasteiger partial charge in [0.05, 0.1) is 24.1 Å². The molecule has 0 saturated heterocycles. The molecule has 36 heavy (non-hydrogen) atoms. The zero-order chi connectivity index (χ0) is 27.1. The Balaban J connectivity index is 2.18. The van der Waals surface area contributed by atoms with Gasteiger partial charge >= 0.3 is 0 Å². The number of anilines is 1. The molecule has 2 amide bonds. The van der Waals surface area contributed by atoms with Crippen LogP contribution in [-0.2, 0) is 26.2 Å². The van der Waals surface area contributed by atoms with E-state index >= 15 is 0 Å². The van der Waals surface area contributed by atoms with E-state index in [1.807, 2.05) is 51.1 Å². The lowest BCUT2D eigenvalue weighted by atomic mass is 10.1. The van der Waals surface area contributed by atoms with Crippen LogP contribution in [0, 0.1) is 0 Å². The van der Waals surface area contributed by atoms with Crippen molar-refractivity contribution >= 4 is 39.1 Å². The summed E-state index contributed by atoms with van der Waals surface area (Å²) >= 11 is 6.19. The van der Waals surface area contributed by atoms with Gasteiger partial charge in [-0.15, -0.1) is 0 Å². The van der Waals surface area contributed by atoms with Gasteiger partial charge in [-0.3, -0.25) is 13.9 Å². The molecule has 10 heteroatoms. The molecule has 0 heterocycles. The van der Waals surface area contributed by atoms with Crippen molar-refractivity contribution in [2.75, 3.05) is 24.2 Å². The monoisotopic (exact) mass is 537 g/mol. The fourth-order valence-electron chi connectivity index (χ4n) is 3.65. The average Bonchev–Trinajstić information content (AvgIpc) is 2.78. The van der Waals surface area contributed by atoms with Crippen molar-refractivity contribution in [2.24, 2.45) is 0 Å². The van der Waals surface area contributed by atoms with E-state index in [1.54, 1.807) is 19.1 Å². The summed E-state index contributed by atoms with van der Waals surface area (Å²) in [6.07, 6.45) is 1.43. The number of halogens is 1. The molecule has 8 nitrogen and oxygen atoms in total. The Morgan fingerprint density at radius 1 is 1.11 bits per heavy atom. The lowest BCUT2D eigenvalue weighted by molar-refractivity contribution is -0.141. The minimum absolute atomic E-state index is 0.0654. The Kier molecular flexibility index (Phi) is 10.2. The van der Waals surface area contributed by atoms with Gasteiger partial charge in [-0.05, 0) is 57.9 Å². The molecule has 1 atom stereocenters. The molecule has 0 spiro atoms. The molecule has 0 radical (unpaired) electrons. The first-order valence-corrected chi connectivity index (χ1v) is 13.9. The van der Waals surface area contributed by atoms with Crippen LogP contribution in [0.3, 0.4) is 0 Å². The first kappa shape index (κ1) is 29.5. The van der Waals surface area contributed by atoms with Crippen molar-refractivity contribution in [2.45, 2.75) is 58.7 Å². The van der Waals surface area contributed by atoms with E-state index < -0.39 is 21.6 Å². The number of hydrogen-bond donors (Lipinski definition) is 1. The van der Waals surface area contributed by atoms with Gasteiger partial charge in [-0.2, -0.15) is 0 Å². The van der Waals surface area contributed by atoms with Crippen LogP contribution in [-0.4, -0.2) is 56.6 Å². The van der Waals surface area contributed by atoms with E-state index in [0.717, 1.165) is 11.8 Å². The molecule has 0 fully saturated rings. The molecular weight excluding hydrogens is 502 g/mol. The van der Waals surface area contributed by atoms with Crippen molar-refractivity contribution in [1.29, 1.82) is 0 Å². The third-order valence-electron chi connectivity index (χ3n) is 5.44. The summed E-state index contributed by atoms with van der Waals surface area (Å²) in [5.41, 5.74) is 0.837. The SMILES string of the molecule is COc1ccc(N(CCCC(=O)N(Cc2ccccc2)C(C)C(=O)NC(C)(C)C)S(C)(=O)=O)cc1Cl. The van der Waals surface area contributed by atoms with E-state index in [2.05, 4.69) is 5.32 Å². The highest BCUT2D eigenvalue weighted by Gasteiger charge is 2.28. The number of sulfonamides is 1. The third-order valence-corrected chi connectivity index (χ3v) is 6.93. The second-order valence-corrected chi connectivity index (χ2v) is 12.0. The smallest absolute Gasteiger partial charge is 0.242 e. The second-order valence-electron chi connectivity index (χ2n) is 9.68. The van der Waals surface area contributed by atoms with Crippen molar-refractivity contribution in [3.8, 4) is 5.75 Å². The number of rotatable bonds is 11.